The van der Waals surface area contributed by atoms with Crippen LogP contribution in [0.1, 0.15) is 36.3 Å². The molecule has 4 heteroatoms. The van der Waals surface area contributed by atoms with Crippen molar-refractivity contribution < 1.29 is 4.79 Å². The van der Waals surface area contributed by atoms with E-state index in [0.29, 0.717) is 0 Å². The number of aromatic nitrogens is 1. The Hall–Kier alpha value is -0.900. The zero-order valence-electron chi connectivity index (χ0n) is 9.26. The summed E-state index contributed by atoms with van der Waals surface area (Å²) in [4.78, 5) is 16.6. The van der Waals surface area contributed by atoms with Crippen molar-refractivity contribution in [3.05, 3.63) is 15.6 Å². The maximum Gasteiger partial charge on any atom is 0.217 e. The molecule has 14 heavy (non-hydrogen) atoms. The van der Waals surface area contributed by atoms with Crippen LogP contribution >= 0.6 is 11.3 Å². The molecule has 0 fully saturated rings. The van der Waals surface area contributed by atoms with Crippen LogP contribution in [0.3, 0.4) is 0 Å². The smallest absolute Gasteiger partial charge is 0.217 e. The van der Waals surface area contributed by atoms with E-state index in [9.17, 15) is 4.79 Å². The maximum absolute atomic E-state index is 11.0. The summed E-state index contributed by atoms with van der Waals surface area (Å²) in [6, 6.07) is 0. The van der Waals surface area contributed by atoms with E-state index in [1.54, 1.807) is 11.3 Å². The highest BCUT2D eigenvalue weighted by atomic mass is 32.1. The Morgan fingerprint density at radius 1 is 1.43 bits per heavy atom. The van der Waals surface area contributed by atoms with Crippen molar-refractivity contribution in [3.8, 4) is 0 Å². The van der Waals surface area contributed by atoms with Crippen LogP contribution in [0.2, 0.25) is 0 Å². The Morgan fingerprint density at radius 3 is 2.36 bits per heavy atom. The van der Waals surface area contributed by atoms with Gasteiger partial charge in [0.15, 0.2) is 0 Å². The van der Waals surface area contributed by atoms with Crippen LogP contribution in [-0.2, 0) is 10.3 Å². The van der Waals surface area contributed by atoms with Gasteiger partial charge in [-0.1, -0.05) is 0 Å². The standard InChI is InChI=1S/C10H16N2OS/c1-6-7(2)14-9(11-6)10(4,5)12-8(3)13/h1-5H3,(H,12,13). The average molecular weight is 212 g/mol. The highest BCUT2D eigenvalue weighted by molar-refractivity contribution is 7.11. The van der Waals surface area contributed by atoms with Gasteiger partial charge in [0.05, 0.1) is 11.2 Å². The lowest BCUT2D eigenvalue weighted by atomic mass is 10.1. The lowest BCUT2D eigenvalue weighted by molar-refractivity contribution is -0.120. The second-order valence-electron chi connectivity index (χ2n) is 3.97. The first-order valence-corrected chi connectivity index (χ1v) is 5.38. The molecule has 0 aromatic carbocycles. The van der Waals surface area contributed by atoms with Crippen molar-refractivity contribution in [1.29, 1.82) is 0 Å². The molecule has 1 heterocycles. The minimum absolute atomic E-state index is 0.0273. The molecule has 1 rings (SSSR count). The summed E-state index contributed by atoms with van der Waals surface area (Å²) in [5.74, 6) is -0.0273. The fourth-order valence-electron chi connectivity index (χ4n) is 1.23. The summed E-state index contributed by atoms with van der Waals surface area (Å²) in [5, 5.41) is 3.85. The lowest BCUT2D eigenvalue weighted by Gasteiger charge is -2.22. The van der Waals surface area contributed by atoms with Crippen LogP contribution in [0.15, 0.2) is 0 Å². The van der Waals surface area contributed by atoms with E-state index < -0.39 is 0 Å². The van der Waals surface area contributed by atoms with Crippen molar-refractivity contribution in [2.75, 3.05) is 0 Å². The molecule has 0 atom stereocenters. The average Bonchev–Trinajstić information content (AvgIpc) is 2.30. The molecular weight excluding hydrogens is 196 g/mol. The fraction of sp³-hybridized carbons (Fsp3) is 0.600. The van der Waals surface area contributed by atoms with Gasteiger partial charge < -0.3 is 5.32 Å². The van der Waals surface area contributed by atoms with E-state index in [2.05, 4.69) is 10.3 Å². The molecule has 0 aliphatic heterocycles. The summed E-state index contributed by atoms with van der Waals surface area (Å²) in [7, 11) is 0. The zero-order valence-corrected chi connectivity index (χ0v) is 10.1. The van der Waals surface area contributed by atoms with Crippen LogP contribution in [0.25, 0.3) is 0 Å². The number of thiazole rings is 1. The summed E-state index contributed by atoms with van der Waals surface area (Å²) >= 11 is 1.64. The second-order valence-corrected chi connectivity index (χ2v) is 5.17. The number of carbonyl (C=O) groups excluding carboxylic acids is 1. The van der Waals surface area contributed by atoms with Gasteiger partial charge in [0.25, 0.3) is 0 Å². The molecule has 1 aromatic heterocycles. The van der Waals surface area contributed by atoms with Crippen LogP contribution < -0.4 is 5.32 Å². The minimum atomic E-state index is -0.366. The minimum Gasteiger partial charge on any atom is -0.345 e. The predicted octanol–water partition coefficient (Wildman–Crippen LogP) is 2.13. The summed E-state index contributed by atoms with van der Waals surface area (Å²) in [6.07, 6.45) is 0. The molecule has 0 aliphatic rings. The quantitative estimate of drug-likeness (QED) is 0.816. The van der Waals surface area contributed by atoms with Gasteiger partial charge in [0, 0.05) is 11.8 Å². The molecule has 0 unspecified atom stereocenters. The molecule has 0 aliphatic carbocycles. The number of aryl methyl sites for hydroxylation is 2. The van der Waals surface area contributed by atoms with E-state index in [0.717, 1.165) is 10.7 Å². The third kappa shape index (κ3) is 2.32. The van der Waals surface area contributed by atoms with Crippen LogP contribution in [-0.4, -0.2) is 10.9 Å². The first-order valence-electron chi connectivity index (χ1n) is 4.56. The number of rotatable bonds is 2. The van der Waals surface area contributed by atoms with Gasteiger partial charge in [-0.2, -0.15) is 0 Å². The van der Waals surface area contributed by atoms with E-state index in [1.165, 1.54) is 11.8 Å². The number of hydrogen-bond acceptors (Lipinski definition) is 3. The molecule has 0 radical (unpaired) electrons. The van der Waals surface area contributed by atoms with Crippen molar-refractivity contribution >= 4 is 17.2 Å². The van der Waals surface area contributed by atoms with Gasteiger partial charge in [-0.3, -0.25) is 4.79 Å². The number of nitrogens with zero attached hydrogens (tertiary/aromatic N) is 1. The highest BCUT2D eigenvalue weighted by Crippen LogP contribution is 2.26. The molecular formula is C10H16N2OS. The third-order valence-corrected chi connectivity index (χ3v) is 3.45. The van der Waals surface area contributed by atoms with Gasteiger partial charge in [0.2, 0.25) is 5.91 Å². The Morgan fingerprint density at radius 2 is 2.00 bits per heavy atom. The number of carbonyl (C=O) groups is 1. The van der Waals surface area contributed by atoms with E-state index in [4.69, 9.17) is 0 Å². The summed E-state index contributed by atoms with van der Waals surface area (Å²) < 4.78 is 0. The summed E-state index contributed by atoms with van der Waals surface area (Å²) in [6.45, 7) is 9.48. The second kappa shape index (κ2) is 3.69. The Bertz CT molecular complexity index is 336. The van der Waals surface area contributed by atoms with Gasteiger partial charge in [-0.05, 0) is 27.7 Å². The predicted molar refractivity (Wildman–Crippen MR) is 58.4 cm³/mol. The van der Waals surface area contributed by atoms with Crippen molar-refractivity contribution in [3.63, 3.8) is 0 Å². The molecule has 1 amide bonds. The van der Waals surface area contributed by atoms with Crippen molar-refractivity contribution in [2.45, 2.75) is 40.2 Å². The van der Waals surface area contributed by atoms with Gasteiger partial charge in [-0.25, -0.2) is 4.98 Å². The Kier molecular flexibility index (Phi) is 2.95. The number of amides is 1. The summed E-state index contributed by atoms with van der Waals surface area (Å²) in [5.41, 5.74) is 0.679. The SMILES string of the molecule is CC(=O)NC(C)(C)c1nc(C)c(C)s1. The van der Waals surface area contributed by atoms with Crippen LogP contribution in [0.4, 0.5) is 0 Å². The first kappa shape index (κ1) is 11.2. The first-order chi connectivity index (χ1) is 6.33. The van der Waals surface area contributed by atoms with Crippen LogP contribution in [0.5, 0.6) is 0 Å². The molecule has 1 aromatic rings. The molecule has 0 saturated carbocycles. The third-order valence-electron chi connectivity index (χ3n) is 2.05. The molecule has 0 saturated heterocycles. The van der Waals surface area contributed by atoms with E-state index in [1.807, 2.05) is 27.7 Å². The van der Waals surface area contributed by atoms with Gasteiger partial charge >= 0.3 is 0 Å². The van der Waals surface area contributed by atoms with E-state index in [-0.39, 0.29) is 11.4 Å². The highest BCUT2D eigenvalue weighted by Gasteiger charge is 2.25. The maximum atomic E-state index is 11.0. The number of nitrogens with one attached hydrogen (secondary N) is 1. The Balaban J connectivity index is 2.97. The zero-order chi connectivity index (χ0) is 10.9. The molecule has 1 N–H and O–H groups in total. The molecule has 0 bridgehead atoms. The van der Waals surface area contributed by atoms with Crippen LogP contribution in [0, 0.1) is 13.8 Å². The van der Waals surface area contributed by atoms with E-state index >= 15 is 0 Å². The van der Waals surface area contributed by atoms with Crippen molar-refractivity contribution in [2.24, 2.45) is 0 Å². The normalized spacial score (nSPS) is 11.5. The van der Waals surface area contributed by atoms with Crippen molar-refractivity contribution in [1.82, 2.24) is 10.3 Å². The molecule has 0 spiro atoms. The van der Waals surface area contributed by atoms with Gasteiger partial charge in [-0.15, -0.1) is 11.3 Å². The Labute approximate surface area is 88.6 Å². The monoisotopic (exact) mass is 212 g/mol. The number of hydrogen-bond donors (Lipinski definition) is 1. The molecule has 78 valence electrons. The fourth-order valence-corrected chi connectivity index (χ4v) is 2.21. The topological polar surface area (TPSA) is 42.0 Å². The van der Waals surface area contributed by atoms with Gasteiger partial charge in [0.1, 0.15) is 5.01 Å². The molecule has 3 nitrogen and oxygen atoms in total. The lowest BCUT2D eigenvalue weighted by Crippen LogP contribution is -2.39. The largest absolute Gasteiger partial charge is 0.345 e.